The highest BCUT2D eigenvalue weighted by molar-refractivity contribution is 5.65. The van der Waals surface area contributed by atoms with Crippen LogP contribution in [0.2, 0.25) is 0 Å². The van der Waals surface area contributed by atoms with Crippen LogP contribution in [-0.2, 0) is 13.0 Å². The van der Waals surface area contributed by atoms with Gasteiger partial charge in [0.05, 0.1) is 17.5 Å². The molecule has 0 saturated heterocycles. The van der Waals surface area contributed by atoms with Crippen molar-refractivity contribution in [1.82, 2.24) is 15.3 Å². The van der Waals surface area contributed by atoms with Crippen molar-refractivity contribution >= 4 is 0 Å². The third-order valence-electron chi connectivity index (χ3n) is 3.81. The van der Waals surface area contributed by atoms with Crippen LogP contribution in [0, 0.1) is 0 Å². The molecule has 20 heavy (non-hydrogen) atoms. The van der Waals surface area contributed by atoms with E-state index in [0.29, 0.717) is 6.10 Å². The number of nitrogens with zero attached hydrogens (tertiary/aromatic N) is 2. The van der Waals surface area contributed by atoms with Gasteiger partial charge in [-0.25, -0.2) is 9.97 Å². The Balaban J connectivity index is 1.72. The number of hydrogen-bond acceptors (Lipinski definition) is 4. The zero-order chi connectivity index (χ0) is 13.4. The van der Waals surface area contributed by atoms with E-state index in [0.717, 1.165) is 36.5 Å². The predicted octanol–water partition coefficient (Wildman–Crippen LogP) is 2.33. The summed E-state index contributed by atoms with van der Waals surface area (Å²) in [4.78, 5) is 8.90. The molecule has 1 aromatic heterocycles. The summed E-state index contributed by atoms with van der Waals surface area (Å²) in [6.07, 6.45) is 5.43. The Kier molecular flexibility index (Phi) is 2.89. The number of ether oxygens (including phenoxy) is 1. The number of hydrogen-bond donors (Lipinski definition) is 1. The van der Waals surface area contributed by atoms with Crippen molar-refractivity contribution in [2.75, 3.05) is 6.54 Å². The van der Waals surface area contributed by atoms with Crippen LogP contribution >= 0.6 is 0 Å². The first kappa shape index (κ1) is 11.9. The summed E-state index contributed by atoms with van der Waals surface area (Å²) < 4.78 is 5.87. The molecule has 102 valence electrons. The van der Waals surface area contributed by atoms with Gasteiger partial charge in [-0.05, 0) is 25.0 Å². The second kappa shape index (κ2) is 4.87. The Labute approximate surface area is 118 Å². The number of fused-ring (bicyclic) bond motifs is 1. The summed E-state index contributed by atoms with van der Waals surface area (Å²) in [6, 6.07) is 8.25. The van der Waals surface area contributed by atoms with Crippen molar-refractivity contribution < 1.29 is 4.74 Å². The maximum absolute atomic E-state index is 5.87. The van der Waals surface area contributed by atoms with E-state index < -0.39 is 0 Å². The minimum Gasteiger partial charge on any atom is -0.490 e. The average Bonchev–Trinajstić information content (AvgIpc) is 3.31. The first-order valence-electron chi connectivity index (χ1n) is 7.21. The summed E-state index contributed by atoms with van der Waals surface area (Å²) in [7, 11) is 0. The summed E-state index contributed by atoms with van der Waals surface area (Å²) in [5.74, 6) is 0.945. The standard InChI is InChI=1S/C16H17N3O/c1-2-11(8-13(3-1)20-12-4-5-12)16-14-9-17-7-6-15(14)18-10-19-16/h1-3,8,10,12,17H,4-7,9H2. The summed E-state index contributed by atoms with van der Waals surface area (Å²) in [5.41, 5.74) is 4.54. The van der Waals surface area contributed by atoms with Gasteiger partial charge in [0.15, 0.2) is 0 Å². The van der Waals surface area contributed by atoms with Crippen molar-refractivity contribution in [3.05, 3.63) is 41.9 Å². The van der Waals surface area contributed by atoms with E-state index in [1.165, 1.54) is 24.1 Å². The fourth-order valence-corrected chi connectivity index (χ4v) is 2.61. The first-order valence-corrected chi connectivity index (χ1v) is 7.21. The normalized spacial score (nSPS) is 17.6. The van der Waals surface area contributed by atoms with E-state index in [1.54, 1.807) is 6.33 Å². The molecule has 4 heteroatoms. The molecule has 1 fully saturated rings. The molecule has 1 aromatic carbocycles. The van der Waals surface area contributed by atoms with Gasteiger partial charge in [-0.2, -0.15) is 0 Å². The zero-order valence-electron chi connectivity index (χ0n) is 11.3. The molecule has 4 nitrogen and oxygen atoms in total. The number of aromatic nitrogens is 2. The van der Waals surface area contributed by atoms with Gasteiger partial charge in [0, 0.05) is 30.6 Å². The molecule has 0 amide bonds. The second-order valence-corrected chi connectivity index (χ2v) is 5.42. The number of nitrogens with one attached hydrogen (secondary N) is 1. The van der Waals surface area contributed by atoms with Crippen molar-refractivity contribution in [3.63, 3.8) is 0 Å². The Morgan fingerprint density at radius 1 is 1.20 bits per heavy atom. The molecular formula is C16H17N3O. The number of rotatable bonds is 3. The van der Waals surface area contributed by atoms with E-state index in [-0.39, 0.29) is 0 Å². The third kappa shape index (κ3) is 2.27. The smallest absolute Gasteiger partial charge is 0.120 e. The molecule has 2 aliphatic rings. The van der Waals surface area contributed by atoms with E-state index in [2.05, 4.69) is 27.4 Å². The van der Waals surface area contributed by atoms with E-state index in [9.17, 15) is 0 Å². The van der Waals surface area contributed by atoms with Gasteiger partial charge in [0.1, 0.15) is 12.1 Å². The quantitative estimate of drug-likeness (QED) is 0.927. The molecular weight excluding hydrogens is 250 g/mol. The minimum absolute atomic E-state index is 0.422. The van der Waals surface area contributed by atoms with E-state index in [4.69, 9.17) is 4.74 Å². The minimum atomic E-state index is 0.422. The molecule has 1 saturated carbocycles. The largest absolute Gasteiger partial charge is 0.490 e. The molecule has 2 aromatic rings. The van der Waals surface area contributed by atoms with Crippen LogP contribution in [0.5, 0.6) is 5.75 Å². The van der Waals surface area contributed by atoms with Gasteiger partial charge in [0.2, 0.25) is 0 Å². The lowest BCUT2D eigenvalue weighted by molar-refractivity contribution is 0.303. The van der Waals surface area contributed by atoms with Crippen molar-refractivity contribution in [3.8, 4) is 17.0 Å². The van der Waals surface area contributed by atoms with Crippen LogP contribution in [0.4, 0.5) is 0 Å². The Bertz CT molecular complexity index is 637. The topological polar surface area (TPSA) is 47.0 Å². The van der Waals surface area contributed by atoms with Gasteiger partial charge in [-0.3, -0.25) is 0 Å². The monoisotopic (exact) mass is 267 g/mol. The van der Waals surface area contributed by atoms with Crippen LogP contribution < -0.4 is 10.1 Å². The lowest BCUT2D eigenvalue weighted by atomic mass is 10.0. The lowest BCUT2D eigenvalue weighted by Crippen LogP contribution is -2.25. The maximum Gasteiger partial charge on any atom is 0.120 e. The highest BCUT2D eigenvalue weighted by Crippen LogP contribution is 2.31. The van der Waals surface area contributed by atoms with Gasteiger partial charge in [-0.1, -0.05) is 12.1 Å². The van der Waals surface area contributed by atoms with E-state index >= 15 is 0 Å². The summed E-state index contributed by atoms with van der Waals surface area (Å²) in [6.45, 7) is 1.84. The fraction of sp³-hybridized carbons (Fsp3) is 0.375. The van der Waals surface area contributed by atoms with E-state index in [1.807, 2.05) is 12.1 Å². The highest BCUT2D eigenvalue weighted by Gasteiger charge is 2.23. The maximum atomic E-state index is 5.87. The van der Waals surface area contributed by atoms with Crippen LogP contribution in [0.3, 0.4) is 0 Å². The van der Waals surface area contributed by atoms with Crippen LogP contribution in [0.25, 0.3) is 11.3 Å². The van der Waals surface area contributed by atoms with Crippen molar-refractivity contribution in [1.29, 1.82) is 0 Å². The Morgan fingerprint density at radius 2 is 2.15 bits per heavy atom. The number of benzene rings is 1. The molecule has 0 radical (unpaired) electrons. The Morgan fingerprint density at radius 3 is 3.05 bits per heavy atom. The van der Waals surface area contributed by atoms with Crippen LogP contribution in [-0.4, -0.2) is 22.6 Å². The molecule has 4 rings (SSSR count). The van der Waals surface area contributed by atoms with Gasteiger partial charge >= 0.3 is 0 Å². The third-order valence-corrected chi connectivity index (χ3v) is 3.81. The second-order valence-electron chi connectivity index (χ2n) is 5.42. The van der Waals surface area contributed by atoms with Gasteiger partial charge in [0.25, 0.3) is 0 Å². The molecule has 0 unspecified atom stereocenters. The summed E-state index contributed by atoms with van der Waals surface area (Å²) in [5, 5.41) is 3.40. The van der Waals surface area contributed by atoms with Crippen molar-refractivity contribution in [2.24, 2.45) is 0 Å². The van der Waals surface area contributed by atoms with Crippen LogP contribution in [0.15, 0.2) is 30.6 Å². The average molecular weight is 267 g/mol. The SMILES string of the molecule is c1cc(OC2CC2)cc(-c2ncnc3c2CNCC3)c1. The van der Waals surface area contributed by atoms with Crippen molar-refractivity contribution in [2.45, 2.75) is 31.9 Å². The Hall–Kier alpha value is -1.94. The fourth-order valence-electron chi connectivity index (χ4n) is 2.61. The molecule has 2 heterocycles. The molecule has 1 aliphatic carbocycles. The first-order chi connectivity index (χ1) is 9.90. The zero-order valence-corrected chi connectivity index (χ0v) is 11.3. The van der Waals surface area contributed by atoms with Crippen LogP contribution in [0.1, 0.15) is 24.1 Å². The molecule has 0 bridgehead atoms. The van der Waals surface area contributed by atoms with Gasteiger partial charge in [-0.15, -0.1) is 0 Å². The lowest BCUT2D eigenvalue weighted by Gasteiger charge is -2.18. The molecule has 1 aliphatic heterocycles. The molecule has 0 atom stereocenters. The highest BCUT2D eigenvalue weighted by atomic mass is 16.5. The molecule has 0 spiro atoms. The molecule has 1 N–H and O–H groups in total. The summed E-state index contributed by atoms with van der Waals surface area (Å²) >= 11 is 0. The van der Waals surface area contributed by atoms with Gasteiger partial charge < -0.3 is 10.1 Å². The predicted molar refractivity (Wildman–Crippen MR) is 76.5 cm³/mol.